The minimum absolute atomic E-state index is 0.0411. The highest BCUT2D eigenvalue weighted by Gasteiger charge is 2.31. The molecular weight excluding hydrogens is 582 g/mol. The number of benzene rings is 2. The van der Waals surface area contributed by atoms with Gasteiger partial charge in [0, 0.05) is 44.0 Å². The Bertz CT molecular complexity index is 1790. The van der Waals surface area contributed by atoms with E-state index in [0.29, 0.717) is 22.5 Å². The average molecular weight is 614 g/mol. The highest BCUT2D eigenvalue weighted by molar-refractivity contribution is 6.03. The number of carbonyl (C=O) groups is 3. The molecule has 1 aliphatic heterocycles. The SMILES string of the molecule is CN(C)C(=O)Cc1cc(Oc2nc(Oc3cc(C(=N)N)ccc3N)nc3c2NC(=O)C(CCC(N)=O)N3)cc(-c2ncc[nH]2)c1. The standard InChI is InChI=1S/C29H31N11O5/c1-40(2)22(42)11-14-9-16(25-34-7-8-35-25)12-17(10-14)44-28-23-26(36-19(27(43)37-23)5-6-21(31)41)38-29(39-28)45-20-13-15(24(32)33)3-4-18(20)30/h3-4,7-10,12-13,19H,5-6,11,30H2,1-2H3,(H2,31,41)(H3,32,33)(H,34,35)(H,37,43)(H,36,38,39). The Labute approximate surface area is 256 Å². The summed E-state index contributed by atoms with van der Waals surface area (Å²) in [7, 11) is 3.33. The smallest absolute Gasteiger partial charge is 0.327 e. The topological polar surface area (TPSA) is 253 Å². The number of primary amides is 1. The van der Waals surface area contributed by atoms with E-state index in [4.69, 9.17) is 32.1 Å². The van der Waals surface area contributed by atoms with Crippen molar-refractivity contribution in [2.45, 2.75) is 25.3 Å². The molecule has 232 valence electrons. The summed E-state index contributed by atoms with van der Waals surface area (Å²) >= 11 is 0. The number of anilines is 3. The van der Waals surface area contributed by atoms with E-state index in [1.165, 1.54) is 17.0 Å². The summed E-state index contributed by atoms with van der Waals surface area (Å²) in [5.41, 5.74) is 19.0. The number of nitrogens with one attached hydrogen (secondary N) is 4. The van der Waals surface area contributed by atoms with Crippen LogP contribution in [0.25, 0.3) is 11.4 Å². The summed E-state index contributed by atoms with van der Waals surface area (Å²) in [6.07, 6.45) is 3.42. The largest absolute Gasteiger partial charge is 0.437 e. The zero-order valence-corrected chi connectivity index (χ0v) is 24.4. The molecule has 2 aromatic heterocycles. The Kier molecular flexibility index (Phi) is 8.46. The maximum absolute atomic E-state index is 13.0. The molecule has 3 amide bonds. The molecule has 1 aliphatic rings. The highest BCUT2D eigenvalue weighted by Crippen LogP contribution is 2.40. The molecule has 3 heterocycles. The lowest BCUT2D eigenvalue weighted by molar-refractivity contribution is -0.128. The third-order valence-electron chi connectivity index (χ3n) is 6.74. The van der Waals surface area contributed by atoms with Gasteiger partial charge in [-0.2, -0.15) is 9.97 Å². The number of imidazole rings is 1. The average Bonchev–Trinajstić information content (AvgIpc) is 3.53. The summed E-state index contributed by atoms with van der Waals surface area (Å²) < 4.78 is 12.2. The van der Waals surface area contributed by atoms with Gasteiger partial charge in [-0.25, -0.2) is 4.98 Å². The number of ether oxygens (including phenoxy) is 2. The third kappa shape index (κ3) is 7.07. The van der Waals surface area contributed by atoms with Crippen LogP contribution < -0.4 is 37.3 Å². The second kappa shape index (κ2) is 12.6. The van der Waals surface area contributed by atoms with Crippen LogP contribution in [0, 0.1) is 5.41 Å². The number of hydrogen-bond donors (Lipinski definition) is 7. The molecule has 45 heavy (non-hydrogen) atoms. The Balaban J connectivity index is 1.57. The van der Waals surface area contributed by atoms with Crippen molar-refractivity contribution >= 4 is 40.7 Å². The fourth-order valence-corrected chi connectivity index (χ4v) is 4.40. The van der Waals surface area contributed by atoms with Gasteiger partial charge in [0.25, 0.3) is 5.88 Å². The number of amides is 3. The molecule has 16 nitrogen and oxygen atoms in total. The van der Waals surface area contributed by atoms with Crippen LogP contribution in [0.1, 0.15) is 24.0 Å². The Morgan fingerprint density at radius 1 is 1.09 bits per heavy atom. The highest BCUT2D eigenvalue weighted by atomic mass is 16.5. The molecule has 0 bridgehead atoms. The number of aromatic amines is 1. The van der Waals surface area contributed by atoms with Crippen molar-refractivity contribution in [2.75, 3.05) is 30.5 Å². The number of amidine groups is 1. The first kappa shape index (κ1) is 30.3. The molecule has 0 aliphatic carbocycles. The zero-order chi connectivity index (χ0) is 32.2. The summed E-state index contributed by atoms with van der Waals surface area (Å²) in [6, 6.07) is 8.69. The van der Waals surface area contributed by atoms with Crippen molar-refractivity contribution in [1.29, 1.82) is 5.41 Å². The van der Waals surface area contributed by atoms with Crippen LogP contribution in [-0.4, -0.2) is 68.5 Å². The van der Waals surface area contributed by atoms with Crippen LogP contribution in [0.5, 0.6) is 23.4 Å². The van der Waals surface area contributed by atoms with Gasteiger partial charge in [-0.15, -0.1) is 0 Å². The summed E-state index contributed by atoms with van der Waals surface area (Å²) in [5, 5.41) is 13.5. The molecular formula is C29H31N11O5. The van der Waals surface area contributed by atoms with Crippen LogP contribution in [0.15, 0.2) is 48.8 Å². The van der Waals surface area contributed by atoms with Crippen LogP contribution >= 0.6 is 0 Å². The third-order valence-corrected chi connectivity index (χ3v) is 6.74. The number of rotatable bonds is 11. The van der Waals surface area contributed by atoms with E-state index in [2.05, 4.69) is 30.6 Å². The van der Waals surface area contributed by atoms with E-state index < -0.39 is 17.9 Å². The number of nitrogen functional groups attached to an aromatic ring is 2. The van der Waals surface area contributed by atoms with Gasteiger partial charge in [-0.3, -0.25) is 19.8 Å². The number of aromatic nitrogens is 4. The van der Waals surface area contributed by atoms with Gasteiger partial charge < -0.3 is 47.2 Å². The molecule has 1 atom stereocenters. The maximum atomic E-state index is 13.0. The van der Waals surface area contributed by atoms with E-state index in [0.717, 1.165) is 0 Å². The van der Waals surface area contributed by atoms with Crippen LogP contribution in [0.3, 0.4) is 0 Å². The molecule has 4 aromatic rings. The number of nitrogens with zero attached hydrogens (tertiary/aromatic N) is 4. The lowest BCUT2D eigenvalue weighted by Crippen LogP contribution is -2.40. The number of fused-ring (bicyclic) bond motifs is 1. The maximum Gasteiger partial charge on any atom is 0.327 e. The molecule has 2 aromatic carbocycles. The normalized spacial score (nSPS) is 13.6. The predicted molar refractivity (Wildman–Crippen MR) is 165 cm³/mol. The monoisotopic (exact) mass is 613 g/mol. The lowest BCUT2D eigenvalue weighted by atomic mass is 10.1. The van der Waals surface area contributed by atoms with Gasteiger partial charge >= 0.3 is 6.01 Å². The van der Waals surface area contributed by atoms with Crippen molar-refractivity contribution in [3.05, 3.63) is 59.9 Å². The van der Waals surface area contributed by atoms with E-state index >= 15 is 0 Å². The van der Waals surface area contributed by atoms with Gasteiger partial charge in [0.15, 0.2) is 11.6 Å². The quantitative estimate of drug-likeness (QED) is 0.0731. The first-order chi connectivity index (χ1) is 21.5. The van der Waals surface area contributed by atoms with Crippen molar-refractivity contribution in [1.82, 2.24) is 24.8 Å². The van der Waals surface area contributed by atoms with Crippen LogP contribution in [0.2, 0.25) is 0 Å². The molecule has 0 saturated heterocycles. The van der Waals surface area contributed by atoms with E-state index in [-0.39, 0.29) is 71.6 Å². The number of hydrogen-bond acceptors (Lipinski definition) is 11. The number of likely N-dealkylation sites (N-methyl/N-ethyl adjacent to an activating group) is 1. The molecule has 0 radical (unpaired) electrons. The van der Waals surface area contributed by atoms with Gasteiger partial charge in [-0.1, -0.05) is 0 Å². The minimum atomic E-state index is -0.836. The Morgan fingerprint density at radius 3 is 2.58 bits per heavy atom. The van der Waals surface area contributed by atoms with E-state index in [1.807, 2.05) is 6.07 Å². The summed E-state index contributed by atoms with van der Waals surface area (Å²) in [4.78, 5) is 54.6. The molecule has 0 saturated carbocycles. The molecule has 0 fully saturated rings. The van der Waals surface area contributed by atoms with Crippen molar-refractivity contribution in [3.8, 4) is 34.8 Å². The molecule has 16 heteroatoms. The van der Waals surface area contributed by atoms with E-state index in [1.54, 1.807) is 44.7 Å². The second-order valence-electron chi connectivity index (χ2n) is 10.4. The van der Waals surface area contributed by atoms with Gasteiger partial charge in [-0.05, 0) is 48.4 Å². The molecule has 1 unspecified atom stereocenters. The minimum Gasteiger partial charge on any atom is -0.437 e. The zero-order valence-electron chi connectivity index (χ0n) is 24.4. The van der Waals surface area contributed by atoms with Gasteiger partial charge in [0.2, 0.25) is 17.7 Å². The number of carbonyl (C=O) groups excluding carboxylic acids is 3. The molecule has 10 N–H and O–H groups in total. The second-order valence-corrected chi connectivity index (χ2v) is 10.4. The van der Waals surface area contributed by atoms with Gasteiger partial charge in [0.1, 0.15) is 29.1 Å². The molecule has 0 spiro atoms. The van der Waals surface area contributed by atoms with Crippen molar-refractivity contribution in [2.24, 2.45) is 11.5 Å². The molecule has 5 rings (SSSR count). The first-order valence-electron chi connectivity index (χ1n) is 13.7. The van der Waals surface area contributed by atoms with Crippen LogP contribution in [0.4, 0.5) is 17.2 Å². The number of H-pyrrole nitrogens is 1. The van der Waals surface area contributed by atoms with Crippen molar-refractivity contribution < 1.29 is 23.9 Å². The predicted octanol–water partition coefficient (Wildman–Crippen LogP) is 1.95. The van der Waals surface area contributed by atoms with E-state index in [9.17, 15) is 14.4 Å². The lowest BCUT2D eigenvalue weighted by Gasteiger charge is -2.27. The van der Waals surface area contributed by atoms with Crippen molar-refractivity contribution in [3.63, 3.8) is 0 Å². The Morgan fingerprint density at radius 2 is 1.89 bits per heavy atom. The summed E-state index contributed by atoms with van der Waals surface area (Å²) in [6.45, 7) is 0. The number of nitrogens with two attached hydrogens (primary N) is 3. The fourth-order valence-electron chi connectivity index (χ4n) is 4.40. The fraction of sp³-hybridized carbons (Fsp3) is 0.207. The first-order valence-corrected chi connectivity index (χ1v) is 13.7. The summed E-state index contributed by atoms with van der Waals surface area (Å²) in [5.74, 6) is -0.335. The van der Waals surface area contributed by atoms with Crippen LogP contribution in [-0.2, 0) is 20.8 Å². The Hall–Kier alpha value is -6.19. The van der Waals surface area contributed by atoms with Gasteiger partial charge in [0.05, 0.1) is 12.1 Å².